The van der Waals surface area contributed by atoms with Crippen molar-refractivity contribution >= 4 is 16.6 Å². The number of H-pyrrole nitrogens is 1. The van der Waals surface area contributed by atoms with Crippen LogP contribution in [-0.4, -0.2) is 4.98 Å². The number of benzene rings is 2. The number of rotatable bonds is 2. The average Bonchev–Trinajstić information content (AvgIpc) is 2.50. The molecule has 0 aliphatic heterocycles. The van der Waals surface area contributed by atoms with E-state index < -0.39 is 0 Å². The molecular formula is C16H12N4O. The third-order valence-corrected chi connectivity index (χ3v) is 3.35. The summed E-state index contributed by atoms with van der Waals surface area (Å²) in [6, 6.07) is 15.2. The number of hydrogen-bond acceptors (Lipinski definition) is 2. The molecule has 1 N–H and O–H groups in total. The molecule has 0 radical (unpaired) electrons. The Bertz CT molecular complexity index is 922. The molecule has 0 saturated heterocycles. The normalized spacial score (nSPS) is 10.3. The van der Waals surface area contributed by atoms with Crippen molar-refractivity contribution in [1.82, 2.24) is 4.98 Å². The van der Waals surface area contributed by atoms with E-state index in [0.29, 0.717) is 5.56 Å². The van der Waals surface area contributed by atoms with Crippen LogP contribution in [0, 0.1) is 6.92 Å². The van der Waals surface area contributed by atoms with E-state index in [-0.39, 0.29) is 11.2 Å². The highest BCUT2D eigenvalue weighted by molar-refractivity contribution is 6.00. The molecule has 0 saturated carbocycles. The minimum absolute atomic E-state index is 0.0989. The number of hydrogen-bond donors (Lipinski definition) is 1. The van der Waals surface area contributed by atoms with E-state index in [1.54, 1.807) is 0 Å². The first-order valence-corrected chi connectivity index (χ1v) is 6.48. The Morgan fingerprint density at radius 1 is 1.14 bits per heavy atom. The molecule has 1 aromatic heterocycles. The van der Waals surface area contributed by atoms with Crippen molar-refractivity contribution in [2.24, 2.45) is 5.11 Å². The first-order chi connectivity index (χ1) is 10.2. The third-order valence-electron chi connectivity index (χ3n) is 3.35. The van der Waals surface area contributed by atoms with Gasteiger partial charge < -0.3 is 4.98 Å². The van der Waals surface area contributed by atoms with Crippen LogP contribution >= 0.6 is 0 Å². The van der Waals surface area contributed by atoms with Crippen LogP contribution in [-0.2, 0) is 0 Å². The fourth-order valence-electron chi connectivity index (χ4n) is 2.43. The summed E-state index contributed by atoms with van der Waals surface area (Å²) < 4.78 is 0. The van der Waals surface area contributed by atoms with E-state index in [1.165, 1.54) is 0 Å². The minimum atomic E-state index is -0.386. The molecule has 0 amide bonds. The molecule has 0 fully saturated rings. The predicted octanol–water partition coefficient (Wildman–Crippen LogP) is 4.45. The van der Waals surface area contributed by atoms with Gasteiger partial charge in [0.15, 0.2) is 0 Å². The van der Waals surface area contributed by atoms with Gasteiger partial charge in [-0.05, 0) is 30.2 Å². The van der Waals surface area contributed by atoms with Gasteiger partial charge in [0.25, 0.3) is 5.56 Å². The topological polar surface area (TPSA) is 81.6 Å². The van der Waals surface area contributed by atoms with E-state index in [4.69, 9.17) is 5.53 Å². The van der Waals surface area contributed by atoms with Gasteiger partial charge in [0.1, 0.15) is 5.69 Å². The number of aryl methyl sites for hydroxylation is 1. The van der Waals surface area contributed by atoms with Gasteiger partial charge in [0, 0.05) is 21.4 Å². The van der Waals surface area contributed by atoms with Gasteiger partial charge in [0.05, 0.1) is 0 Å². The Kier molecular flexibility index (Phi) is 3.18. The standard InChI is InChI=1S/C16H12N4O/c1-10-7-8-13-12(9-10)14(11-5-3-2-4-6-11)15(19-20-17)16(21)18-13/h2-9H,1H3,(H,18,21). The zero-order chi connectivity index (χ0) is 14.8. The number of aromatic nitrogens is 1. The second-order valence-corrected chi connectivity index (χ2v) is 4.78. The first-order valence-electron chi connectivity index (χ1n) is 6.48. The van der Waals surface area contributed by atoms with Crippen LogP contribution in [0.1, 0.15) is 5.56 Å². The summed E-state index contributed by atoms with van der Waals surface area (Å²) in [5, 5.41) is 4.46. The van der Waals surface area contributed by atoms with Crippen LogP contribution < -0.4 is 5.56 Å². The maximum atomic E-state index is 12.2. The van der Waals surface area contributed by atoms with Crippen LogP contribution in [0.5, 0.6) is 0 Å². The lowest BCUT2D eigenvalue weighted by atomic mass is 9.98. The summed E-state index contributed by atoms with van der Waals surface area (Å²) in [6.45, 7) is 1.98. The molecule has 0 atom stereocenters. The number of nitrogens with one attached hydrogen (secondary N) is 1. The van der Waals surface area contributed by atoms with E-state index in [2.05, 4.69) is 15.0 Å². The molecule has 0 unspecified atom stereocenters. The molecular weight excluding hydrogens is 264 g/mol. The molecule has 5 nitrogen and oxygen atoms in total. The first kappa shape index (κ1) is 13.0. The Balaban J connectivity index is 2.53. The summed E-state index contributed by atoms with van der Waals surface area (Å²) in [6.07, 6.45) is 0. The van der Waals surface area contributed by atoms with E-state index in [9.17, 15) is 4.79 Å². The number of azide groups is 1. The molecule has 3 rings (SSSR count). The highest BCUT2D eigenvalue weighted by Gasteiger charge is 2.13. The SMILES string of the molecule is Cc1ccc2[nH]c(=O)c(N=[N+]=[N-])c(-c3ccccc3)c2c1. The van der Waals surface area contributed by atoms with Crippen LogP contribution in [0.15, 0.2) is 58.4 Å². The maximum Gasteiger partial charge on any atom is 0.258 e. The largest absolute Gasteiger partial charge is 0.322 e. The van der Waals surface area contributed by atoms with Gasteiger partial charge >= 0.3 is 0 Å². The Morgan fingerprint density at radius 3 is 2.62 bits per heavy atom. The highest BCUT2D eigenvalue weighted by atomic mass is 16.1. The summed E-state index contributed by atoms with van der Waals surface area (Å²) >= 11 is 0. The maximum absolute atomic E-state index is 12.2. The number of pyridine rings is 1. The van der Waals surface area contributed by atoms with Gasteiger partial charge in [-0.1, -0.05) is 47.1 Å². The van der Waals surface area contributed by atoms with Crippen molar-refractivity contribution in [2.75, 3.05) is 0 Å². The van der Waals surface area contributed by atoms with E-state index in [1.807, 2.05) is 55.5 Å². The number of nitrogens with zero attached hydrogens (tertiary/aromatic N) is 3. The fraction of sp³-hybridized carbons (Fsp3) is 0.0625. The monoisotopic (exact) mass is 276 g/mol. The van der Waals surface area contributed by atoms with E-state index >= 15 is 0 Å². The molecule has 3 aromatic rings. The Morgan fingerprint density at radius 2 is 1.90 bits per heavy atom. The summed E-state index contributed by atoms with van der Waals surface area (Å²) in [5.74, 6) is 0. The van der Waals surface area contributed by atoms with Crippen LogP contribution in [0.3, 0.4) is 0 Å². The number of aromatic amines is 1. The van der Waals surface area contributed by atoms with Crippen molar-refractivity contribution in [2.45, 2.75) is 6.92 Å². The minimum Gasteiger partial charge on any atom is -0.322 e. The smallest absolute Gasteiger partial charge is 0.258 e. The average molecular weight is 276 g/mol. The van der Waals surface area contributed by atoms with Crippen LogP contribution in [0.2, 0.25) is 0 Å². The Hall–Kier alpha value is -3.04. The lowest BCUT2D eigenvalue weighted by Gasteiger charge is -2.10. The van der Waals surface area contributed by atoms with Crippen molar-refractivity contribution in [3.63, 3.8) is 0 Å². The van der Waals surface area contributed by atoms with Crippen molar-refractivity contribution in [1.29, 1.82) is 0 Å². The van der Waals surface area contributed by atoms with E-state index in [0.717, 1.165) is 22.0 Å². The molecule has 2 aromatic carbocycles. The predicted molar refractivity (Wildman–Crippen MR) is 83.5 cm³/mol. The second kappa shape index (κ2) is 5.15. The van der Waals surface area contributed by atoms with Gasteiger partial charge in [-0.25, -0.2) is 0 Å². The zero-order valence-electron chi connectivity index (χ0n) is 11.4. The summed E-state index contributed by atoms with van der Waals surface area (Å²) in [5.41, 5.74) is 11.8. The third kappa shape index (κ3) is 2.26. The van der Waals surface area contributed by atoms with Crippen molar-refractivity contribution in [3.05, 3.63) is 74.9 Å². The molecule has 1 heterocycles. The van der Waals surface area contributed by atoms with Crippen molar-refractivity contribution < 1.29 is 0 Å². The van der Waals surface area contributed by atoms with Gasteiger partial charge in [-0.3, -0.25) is 4.79 Å². The van der Waals surface area contributed by atoms with Gasteiger partial charge in [-0.2, -0.15) is 0 Å². The molecule has 0 spiro atoms. The Labute approximate surface area is 120 Å². The zero-order valence-corrected chi connectivity index (χ0v) is 11.4. The molecule has 21 heavy (non-hydrogen) atoms. The van der Waals surface area contributed by atoms with Crippen LogP contribution in [0.4, 0.5) is 5.69 Å². The second-order valence-electron chi connectivity index (χ2n) is 4.78. The molecule has 102 valence electrons. The van der Waals surface area contributed by atoms with Gasteiger partial charge in [0.2, 0.25) is 0 Å². The summed E-state index contributed by atoms with van der Waals surface area (Å²) in [7, 11) is 0. The van der Waals surface area contributed by atoms with Crippen LogP contribution in [0.25, 0.3) is 32.5 Å². The fourth-order valence-corrected chi connectivity index (χ4v) is 2.43. The molecule has 0 aliphatic carbocycles. The van der Waals surface area contributed by atoms with Crippen molar-refractivity contribution in [3.8, 4) is 11.1 Å². The highest BCUT2D eigenvalue weighted by Crippen LogP contribution is 2.34. The molecule has 5 heteroatoms. The quantitative estimate of drug-likeness (QED) is 0.419. The molecule has 0 bridgehead atoms. The lowest BCUT2D eigenvalue weighted by Crippen LogP contribution is -2.07. The molecule has 0 aliphatic rings. The lowest BCUT2D eigenvalue weighted by molar-refractivity contribution is 1.27. The van der Waals surface area contributed by atoms with Gasteiger partial charge in [-0.15, -0.1) is 0 Å². The number of fused-ring (bicyclic) bond motifs is 1. The summed E-state index contributed by atoms with van der Waals surface area (Å²) in [4.78, 5) is 17.7.